The van der Waals surface area contributed by atoms with Crippen molar-refractivity contribution in [1.29, 1.82) is 0 Å². The number of carbonyl (C=O) groups is 1. The number of thioether (sulfide) groups is 1. The van der Waals surface area contributed by atoms with Gasteiger partial charge in [0.1, 0.15) is 5.82 Å². The molecule has 0 saturated carbocycles. The van der Waals surface area contributed by atoms with Crippen LogP contribution >= 0.6 is 11.8 Å². The van der Waals surface area contributed by atoms with Crippen LogP contribution < -0.4 is 5.32 Å². The minimum Gasteiger partial charge on any atom is -0.353 e. The van der Waals surface area contributed by atoms with Crippen LogP contribution in [0.25, 0.3) is 0 Å². The zero-order valence-electron chi connectivity index (χ0n) is 10.9. The molecule has 1 rings (SSSR count). The summed E-state index contributed by atoms with van der Waals surface area (Å²) in [6.45, 7) is 0.482. The number of likely N-dealkylation sites (N-methyl/N-ethyl adjacent to an activating group) is 1. The number of halogens is 1. The minimum atomic E-state index is -0.255. The summed E-state index contributed by atoms with van der Waals surface area (Å²) >= 11 is 1.48. The van der Waals surface area contributed by atoms with Crippen molar-refractivity contribution in [1.82, 2.24) is 10.2 Å². The van der Waals surface area contributed by atoms with Crippen LogP contribution in [0.5, 0.6) is 0 Å². The Bertz CT molecular complexity index is 398. The maximum Gasteiger partial charge on any atom is 0.230 e. The summed E-state index contributed by atoms with van der Waals surface area (Å²) in [7, 11) is 3.83. The van der Waals surface area contributed by atoms with Gasteiger partial charge in [0, 0.05) is 6.54 Å². The zero-order chi connectivity index (χ0) is 13.5. The molecule has 0 heterocycles. The summed E-state index contributed by atoms with van der Waals surface area (Å²) in [5.41, 5.74) is 0.865. The minimum absolute atomic E-state index is 0.00533. The van der Waals surface area contributed by atoms with E-state index in [9.17, 15) is 9.18 Å². The van der Waals surface area contributed by atoms with Gasteiger partial charge in [0.2, 0.25) is 5.91 Å². The van der Waals surface area contributed by atoms with Crippen molar-refractivity contribution in [3.05, 3.63) is 35.6 Å². The molecule has 0 spiro atoms. The third kappa shape index (κ3) is 4.66. The number of amides is 1. The van der Waals surface area contributed by atoms with Gasteiger partial charge in [-0.25, -0.2) is 4.39 Å². The quantitative estimate of drug-likeness (QED) is 0.857. The maximum atomic E-state index is 13.2. The first kappa shape index (κ1) is 15.0. The summed E-state index contributed by atoms with van der Waals surface area (Å²) in [6, 6.07) is 6.46. The summed E-state index contributed by atoms with van der Waals surface area (Å²) in [5, 5.41) is 2.86. The molecule has 0 aromatic heterocycles. The van der Waals surface area contributed by atoms with Crippen molar-refractivity contribution in [2.24, 2.45) is 0 Å². The van der Waals surface area contributed by atoms with E-state index >= 15 is 0 Å². The van der Waals surface area contributed by atoms with Crippen molar-refractivity contribution >= 4 is 17.7 Å². The smallest absolute Gasteiger partial charge is 0.230 e. The van der Waals surface area contributed by atoms with Gasteiger partial charge in [-0.3, -0.25) is 4.79 Å². The van der Waals surface area contributed by atoms with Crippen LogP contribution in [0.2, 0.25) is 0 Å². The lowest BCUT2D eigenvalue weighted by molar-refractivity contribution is -0.118. The Morgan fingerprint density at radius 2 is 2.22 bits per heavy atom. The van der Waals surface area contributed by atoms with Crippen LogP contribution in [0.4, 0.5) is 4.39 Å². The molecule has 5 heteroatoms. The number of hydrogen-bond donors (Lipinski definition) is 1. The standard InChI is InChI=1S/C13H19FN2OS/c1-16(2)12(8-15-13(17)9-18-3)10-5-4-6-11(14)7-10/h4-7,12H,8-9H2,1-3H3,(H,15,17). The van der Waals surface area contributed by atoms with Gasteiger partial charge >= 0.3 is 0 Å². The molecule has 0 aliphatic carbocycles. The number of nitrogens with one attached hydrogen (secondary N) is 1. The average Bonchev–Trinajstić information content (AvgIpc) is 2.29. The number of benzene rings is 1. The van der Waals surface area contributed by atoms with E-state index in [0.29, 0.717) is 12.3 Å². The van der Waals surface area contributed by atoms with Gasteiger partial charge in [0.05, 0.1) is 11.8 Å². The molecule has 100 valence electrons. The molecule has 1 atom stereocenters. The fourth-order valence-electron chi connectivity index (χ4n) is 1.71. The van der Waals surface area contributed by atoms with Crippen LogP contribution in [-0.4, -0.2) is 43.5 Å². The molecule has 1 unspecified atom stereocenters. The van der Waals surface area contributed by atoms with E-state index < -0.39 is 0 Å². The number of nitrogens with zero attached hydrogens (tertiary/aromatic N) is 1. The Kier molecular flexibility index (Phi) is 6.15. The van der Waals surface area contributed by atoms with Gasteiger partial charge < -0.3 is 10.2 Å². The van der Waals surface area contributed by atoms with Crippen LogP contribution in [0.1, 0.15) is 11.6 Å². The molecule has 18 heavy (non-hydrogen) atoms. The van der Waals surface area contributed by atoms with Crippen LogP contribution in [0.3, 0.4) is 0 Å². The largest absolute Gasteiger partial charge is 0.353 e. The third-order valence-corrected chi connectivity index (χ3v) is 3.18. The fraction of sp³-hybridized carbons (Fsp3) is 0.462. The number of carbonyl (C=O) groups excluding carboxylic acids is 1. The SMILES string of the molecule is CSCC(=O)NCC(c1cccc(F)c1)N(C)C. The zero-order valence-corrected chi connectivity index (χ0v) is 11.8. The van der Waals surface area contributed by atoms with Crippen molar-refractivity contribution in [3.63, 3.8) is 0 Å². The van der Waals surface area contributed by atoms with Gasteiger partial charge in [0.15, 0.2) is 0 Å². The average molecular weight is 270 g/mol. The number of rotatable bonds is 6. The Morgan fingerprint density at radius 3 is 2.78 bits per heavy atom. The summed E-state index contributed by atoms with van der Waals surface area (Å²) in [4.78, 5) is 13.4. The fourth-order valence-corrected chi connectivity index (χ4v) is 2.07. The van der Waals surface area contributed by atoms with E-state index in [1.807, 2.05) is 31.3 Å². The Labute approximate surface area is 112 Å². The molecule has 0 saturated heterocycles. The van der Waals surface area contributed by atoms with Crippen LogP contribution in [-0.2, 0) is 4.79 Å². The van der Waals surface area contributed by atoms with E-state index in [0.717, 1.165) is 5.56 Å². The first-order valence-electron chi connectivity index (χ1n) is 5.72. The van der Waals surface area contributed by atoms with E-state index in [1.165, 1.54) is 23.9 Å². The van der Waals surface area contributed by atoms with Crippen molar-refractivity contribution in [2.75, 3.05) is 32.6 Å². The summed E-state index contributed by atoms with van der Waals surface area (Å²) in [6.07, 6.45) is 1.88. The Morgan fingerprint density at radius 1 is 1.50 bits per heavy atom. The second kappa shape index (κ2) is 7.38. The summed E-state index contributed by atoms with van der Waals surface area (Å²) in [5.74, 6) is 0.198. The van der Waals surface area contributed by atoms with Gasteiger partial charge in [-0.1, -0.05) is 12.1 Å². The van der Waals surface area contributed by atoms with Crippen LogP contribution in [0, 0.1) is 5.82 Å². The molecule has 0 aliphatic heterocycles. The van der Waals surface area contributed by atoms with Gasteiger partial charge in [-0.15, -0.1) is 0 Å². The molecule has 3 nitrogen and oxygen atoms in total. The predicted molar refractivity (Wildman–Crippen MR) is 74.2 cm³/mol. The second-order valence-corrected chi connectivity index (χ2v) is 5.14. The van der Waals surface area contributed by atoms with E-state index in [4.69, 9.17) is 0 Å². The molecule has 1 N–H and O–H groups in total. The number of hydrogen-bond acceptors (Lipinski definition) is 3. The molecular formula is C13H19FN2OS. The van der Waals surface area contributed by atoms with Crippen molar-refractivity contribution in [2.45, 2.75) is 6.04 Å². The molecule has 0 radical (unpaired) electrons. The van der Waals surface area contributed by atoms with Gasteiger partial charge in [-0.05, 0) is 38.0 Å². The Hall–Kier alpha value is -1.07. The molecule has 1 aromatic carbocycles. The molecule has 1 aromatic rings. The lowest BCUT2D eigenvalue weighted by Crippen LogP contribution is -2.35. The van der Waals surface area contributed by atoms with E-state index in [2.05, 4.69) is 5.32 Å². The first-order chi connectivity index (χ1) is 8.54. The molecule has 0 bridgehead atoms. The van der Waals surface area contributed by atoms with Crippen molar-refractivity contribution < 1.29 is 9.18 Å². The monoisotopic (exact) mass is 270 g/mol. The highest BCUT2D eigenvalue weighted by molar-refractivity contribution is 7.99. The van der Waals surface area contributed by atoms with Crippen LogP contribution in [0.15, 0.2) is 24.3 Å². The maximum absolute atomic E-state index is 13.2. The lowest BCUT2D eigenvalue weighted by Gasteiger charge is -2.25. The topological polar surface area (TPSA) is 32.3 Å². The first-order valence-corrected chi connectivity index (χ1v) is 7.11. The predicted octanol–water partition coefficient (Wildman–Crippen LogP) is 1.91. The highest BCUT2D eigenvalue weighted by Crippen LogP contribution is 2.18. The Balaban J connectivity index is 2.69. The van der Waals surface area contributed by atoms with E-state index in [1.54, 1.807) is 6.07 Å². The molecule has 0 aliphatic rings. The molecular weight excluding hydrogens is 251 g/mol. The third-order valence-electron chi connectivity index (χ3n) is 2.62. The normalized spacial score (nSPS) is 12.5. The molecule has 0 fully saturated rings. The second-order valence-electron chi connectivity index (χ2n) is 4.27. The lowest BCUT2D eigenvalue weighted by atomic mass is 10.1. The highest BCUT2D eigenvalue weighted by Gasteiger charge is 2.15. The van der Waals surface area contributed by atoms with E-state index in [-0.39, 0.29) is 17.8 Å². The highest BCUT2D eigenvalue weighted by atomic mass is 32.2. The van der Waals surface area contributed by atoms with Gasteiger partial charge in [0.25, 0.3) is 0 Å². The summed E-state index contributed by atoms with van der Waals surface area (Å²) < 4.78 is 13.2. The van der Waals surface area contributed by atoms with Gasteiger partial charge in [-0.2, -0.15) is 11.8 Å². The van der Waals surface area contributed by atoms with Crippen molar-refractivity contribution in [3.8, 4) is 0 Å². The molecule has 1 amide bonds.